The summed E-state index contributed by atoms with van der Waals surface area (Å²) >= 11 is 0. The molecule has 2 rings (SSSR count). The lowest BCUT2D eigenvalue weighted by Crippen LogP contribution is -2.47. The highest BCUT2D eigenvalue weighted by atomic mass is 16.4. The molecule has 1 amide bonds. The zero-order chi connectivity index (χ0) is 15.4. The molecule has 0 aromatic heterocycles. The molecular weight excluding hydrogens is 268 g/mol. The van der Waals surface area contributed by atoms with E-state index in [2.05, 4.69) is 11.2 Å². The summed E-state index contributed by atoms with van der Waals surface area (Å²) in [5.74, 6) is 1.29. The van der Waals surface area contributed by atoms with Crippen LogP contribution in [0.4, 0.5) is 5.69 Å². The van der Waals surface area contributed by atoms with E-state index < -0.39 is 5.97 Å². The summed E-state index contributed by atoms with van der Waals surface area (Å²) in [6, 6.07) is 4.80. The minimum Gasteiger partial charge on any atom is -0.478 e. The number of carbonyl (C=O) groups excluding carboxylic acids is 1. The summed E-state index contributed by atoms with van der Waals surface area (Å²) in [6.07, 6.45) is 6.68. The Morgan fingerprint density at radius 2 is 2.29 bits per heavy atom. The fourth-order valence-corrected chi connectivity index (χ4v) is 2.68. The number of rotatable bonds is 4. The van der Waals surface area contributed by atoms with Crippen LogP contribution in [-0.2, 0) is 11.2 Å². The SMILES string of the molecule is C#CCNC(=O)C(C)N1CCCc2c(C(=O)O)cccc21. The highest BCUT2D eigenvalue weighted by Crippen LogP contribution is 2.31. The van der Waals surface area contributed by atoms with Gasteiger partial charge in [0.25, 0.3) is 0 Å². The van der Waals surface area contributed by atoms with E-state index in [0.717, 1.165) is 24.2 Å². The number of anilines is 1. The molecule has 5 heteroatoms. The van der Waals surface area contributed by atoms with E-state index in [9.17, 15) is 14.7 Å². The molecule has 1 aliphatic heterocycles. The van der Waals surface area contributed by atoms with Gasteiger partial charge in [0.15, 0.2) is 0 Å². The van der Waals surface area contributed by atoms with Gasteiger partial charge in [-0.3, -0.25) is 4.79 Å². The zero-order valence-electron chi connectivity index (χ0n) is 11.9. The summed E-state index contributed by atoms with van der Waals surface area (Å²) in [5, 5.41) is 11.9. The fourth-order valence-electron chi connectivity index (χ4n) is 2.68. The minimum absolute atomic E-state index is 0.151. The Hall–Kier alpha value is -2.48. The van der Waals surface area contributed by atoms with Gasteiger partial charge in [-0.05, 0) is 37.5 Å². The number of fused-ring (bicyclic) bond motifs is 1. The Labute approximate surface area is 124 Å². The lowest BCUT2D eigenvalue weighted by Gasteiger charge is -2.35. The van der Waals surface area contributed by atoms with Crippen LogP contribution in [-0.4, -0.2) is 36.1 Å². The smallest absolute Gasteiger partial charge is 0.336 e. The van der Waals surface area contributed by atoms with Crippen LogP contribution in [0.2, 0.25) is 0 Å². The highest BCUT2D eigenvalue weighted by Gasteiger charge is 2.28. The molecule has 2 N–H and O–H groups in total. The number of amides is 1. The minimum atomic E-state index is -0.932. The summed E-state index contributed by atoms with van der Waals surface area (Å²) in [4.78, 5) is 25.3. The van der Waals surface area contributed by atoms with E-state index in [4.69, 9.17) is 6.42 Å². The van der Waals surface area contributed by atoms with E-state index >= 15 is 0 Å². The van der Waals surface area contributed by atoms with Crippen LogP contribution in [0.3, 0.4) is 0 Å². The lowest BCUT2D eigenvalue weighted by atomic mass is 9.95. The van der Waals surface area contributed by atoms with Crippen molar-refractivity contribution in [3.8, 4) is 12.3 Å². The van der Waals surface area contributed by atoms with Gasteiger partial charge >= 0.3 is 5.97 Å². The molecule has 1 aromatic rings. The number of carbonyl (C=O) groups is 2. The second kappa shape index (κ2) is 6.31. The molecule has 1 unspecified atom stereocenters. The number of terminal acetylenes is 1. The first-order valence-electron chi connectivity index (χ1n) is 6.89. The van der Waals surface area contributed by atoms with Crippen molar-refractivity contribution >= 4 is 17.6 Å². The van der Waals surface area contributed by atoms with Crippen molar-refractivity contribution in [2.75, 3.05) is 18.0 Å². The Balaban J connectivity index is 2.30. The number of carboxylic acids is 1. The van der Waals surface area contributed by atoms with E-state index in [1.165, 1.54) is 0 Å². The average molecular weight is 286 g/mol. The molecular formula is C16H18N2O3. The number of aromatic carboxylic acids is 1. The molecule has 0 saturated heterocycles. The molecule has 1 aliphatic rings. The molecule has 1 aromatic carbocycles. The molecule has 0 spiro atoms. The van der Waals surface area contributed by atoms with Gasteiger partial charge in [-0.2, -0.15) is 0 Å². The van der Waals surface area contributed by atoms with Gasteiger partial charge in [-0.1, -0.05) is 12.0 Å². The van der Waals surface area contributed by atoms with Crippen LogP contribution >= 0.6 is 0 Å². The standard InChI is InChI=1S/C16H18N2O3/c1-3-9-17-15(19)11(2)18-10-5-7-12-13(16(20)21)6-4-8-14(12)18/h1,4,6,8,11H,5,7,9-10H2,2H3,(H,17,19)(H,20,21). The molecule has 1 atom stereocenters. The Bertz CT molecular complexity index is 604. The molecule has 21 heavy (non-hydrogen) atoms. The summed E-state index contributed by atoms with van der Waals surface area (Å²) in [7, 11) is 0. The number of hydrogen-bond donors (Lipinski definition) is 2. The van der Waals surface area contributed by atoms with Crippen molar-refractivity contribution < 1.29 is 14.7 Å². The van der Waals surface area contributed by atoms with Gasteiger partial charge in [0.2, 0.25) is 5.91 Å². The maximum atomic E-state index is 12.1. The zero-order valence-corrected chi connectivity index (χ0v) is 11.9. The maximum absolute atomic E-state index is 12.1. The lowest BCUT2D eigenvalue weighted by molar-refractivity contribution is -0.121. The second-order valence-electron chi connectivity index (χ2n) is 5.00. The molecule has 0 saturated carbocycles. The third kappa shape index (κ3) is 3.00. The van der Waals surface area contributed by atoms with Crippen LogP contribution in [0.15, 0.2) is 18.2 Å². The van der Waals surface area contributed by atoms with E-state index in [-0.39, 0.29) is 18.5 Å². The van der Waals surface area contributed by atoms with Crippen LogP contribution in [0.25, 0.3) is 0 Å². The number of hydrogen-bond acceptors (Lipinski definition) is 3. The van der Waals surface area contributed by atoms with Gasteiger partial charge in [0.1, 0.15) is 6.04 Å². The third-order valence-electron chi connectivity index (χ3n) is 3.73. The van der Waals surface area contributed by atoms with Gasteiger partial charge in [-0.25, -0.2) is 4.79 Å². The number of carboxylic acid groups (broad SMARTS) is 1. The van der Waals surface area contributed by atoms with Gasteiger partial charge in [0.05, 0.1) is 12.1 Å². The van der Waals surface area contributed by atoms with Crippen molar-refractivity contribution in [2.45, 2.75) is 25.8 Å². The molecule has 0 bridgehead atoms. The molecule has 0 aliphatic carbocycles. The molecule has 1 heterocycles. The maximum Gasteiger partial charge on any atom is 0.336 e. The van der Waals surface area contributed by atoms with Crippen molar-refractivity contribution in [2.24, 2.45) is 0 Å². The monoisotopic (exact) mass is 286 g/mol. The number of nitrogens with one attached hydrogen (secondary N) is 1. The largest absolute Gasteiger partial charge is 0.478 e. The predicted octanol–water partition coefficient (Wildman–Crippen LogP) is 1.28. The van der Waals surface area contributed by atoms with Crippen molar-refractivity contribution in [3.05, 3.63) is 29.3 Å². The summed E-state index contributed by atoms with van der Waals surface area (Å²) in [6.45, 7) is 2.72. The molecule has 5 nitrogen and oxygen atoms in total. The predicted molar refractivity (Wildman–Crippen MR) is 80.4 cm³/mol. The summed E-state index contributed by atoms with van der Waals surface area (Å²) in [5.41, 5.74) is 1.94. The number of nitrogens with zero attached hydrogens (tertiary/aromatic N) is 1. The quantitative estimate of drug-likeness (QED) is 0.818. The molecule has 110 valence electrons. The molecule has 0 radical (unpaired) electrons. The van der Waals surface area contributed by atoms with Crippen molar-refractivity contribution in [3.63, 3.8) is 0 Å². The fraction of sp³-hybridized carbons (Fsp3) is 0.375. The van der Waals surface area contributed by atoms with Gasteiger partial charge in [0, 0.05) is 12.2 Å². The number of benzene rings is 1. The van der Waals surface area contributed by atoms with Crippen LogP contribution in [0.1, 0.15) is 29.3 Å². The Morgan fingerprint density at radius 3 is 2.95 bits per heavy atom. The van der Waals surface area contributed by atoms with Crippen molar-refractivity contribution in [1.29, 1.82) is 0 Å². The Kier molecular flexibility index (Phi) is 4.49. The average Bonchev–Trinajstić information content (AvgIpc) is 2.50. The first kappa shape index (κ1) is 14.9. The van der Waals surface area contributed by atoms with E-state index in [1.807, 2.05) is 11.0 Å². The van der Waals surface area contributed by atoms with Crippen LogP contribution in [0, 0.1) is 12.3 Å². The van der Waals surface area contributed by atoms with Crippen LogP contribution in [0.5, 0.6) is 0 Å². The Morgan fingerprint density at radius 1 is 1.52 bits per heavy atom. The second-order valence-corrected chi connectivity index (χ2v) is 5.00. The topological polar surface area (TPSA) is 69.6 Å². The highest BCUT2D eigenvalue weighted by molar-refractivity contribution is 5.92. The first-order chi connectivity index (χ1) is 10.1. The van der Waals surface area contributed by atoms with Gasteiger partial charge < -0.3 is 15.3 Å². The first-order valence-corrected chi connectivity index (χ1v) is 6.89. The van der Waals surface area contributed by atoms with Crippen molar-refractivity contribution in [1.82, 2.24) is 5.32 Å². The van der Waals surface area contributed by atoms with Crippen LogP contribution < -0.4 is 10.2 Å². The normalized spacial score (nSPS) is 14.8. The van der Waals surface area contributed by atoms with E-state index in [0.29, 0.717) is 12.0 Å². The van der Waals surface area contributed by atoms with E-state index in [1.54, 1.807) is 19.1 Å². The van der Waals surface area contributed by atoms with Gasteiger partial charge in [-0.15, -0.1) is 6.42 Å². The third-order valence-corrected chi connectivity index (χ3v) is 3.73. The molecule has 0 fully saturated rings. The summed E-state index contributed by atoms with van der Waals surface area (Å²) < 4.78 is 0.